The highest BCUT2D eigenvalue weighted by molar-refractivity contribution is 7.10. The van der Waals surface area contributed by atoms with Crippen molar-refractivity contribution in [1.82, 2.24) is 4.57 Å². The molecule has 0 radical (unpaired) electrons. The van der Waals surface area contributed by atoms with Gasteiger partial charge in [-0.3, -0.25) is 0 Å². The van der Waals surface area contributed by atoms with Crippen molar-refractivity contribution in [3.63, 3.8) is 0 Å². The Hall–Kier alpha value is -2.85. The molecular weight excluding hydrogens is 447 g/mol. The standard InChI is InChI=1S/C22H22F3NO5S/c1-5-30-19(28)22(24,25)18(27)16-9-12(11-32-16)14-10-26(20(29)31-21(2,3)4)17-13(14)7-6-8-15(17)23/h6-11,18,27H,5H2,1-4H3. The van der Waals surface area contributed by atoms with Crippen molar-refractivity contribution >= 4 is 34.3 Å². The number of hydrogen-bond acceptors (Lipinski definition) is 6. The molecule has 1 unspecified atom stereocenters. The molecule has 32 heavy (non-hydrogen) atoms. The van der Waals surface area contributed by atoms with Crippen LogP contribution in [0.5, 0.6) is 0 Å². The van der Waals surface area contributed by atoms with Crippen LogP contribution in [0.3, 0.4) is 0 Å². The summed E-state index contributed by atoms with van der Waals surface area (Å²) in [6, 6.07) is 5.49. The molecule has 0 spiro atoms. The molecular formula is C22H22F3NO5S. The Balaban J connectivity index is 2.05. The molecule has 1 atom stereocenters. The van der Waals surface area contributed by atoms with Gasteiger partial charge in [0.25, 0.3) is 0 Å². The van der Waals surface area contributed by atoms with Gasteiger partial charge in [0.05, 0.1) is 12.1 Å². The van der Waals surface area contributed by atoms with Crippen molar-refractivity contribution in [3.05, 3.63) is 46.5 Å². The van der Waals surface area contributed by atoms with E-state index in [0.29, 0.717) is 16.5 Å². The monoisotopic (exact) mass is 469 g/mol. The number of alkyl halides is 2. The first-order valence-corrected chi connectivity index (χ1v) is 10.6. The summed E-state index contributed by atoms with van der Waals surface area (Å²) < 4.78 is 53.8. The fraction of sp³-hybridized carbons (Fsp3) is 0.364. The Morgan fingerprint density at radius 3 is 2.56 bits per heavy atom. The minimum atomic E-state index is -4.14. The zero-order chi connectivity index (χ0) is 23.8. The number of nitrogens with zero attached hydrogens (tertiary/aromatic N) is 1. The number of benzene rings is 1. The third kappa shape index (κ3) is 4.51. The van der Waals surface area contributed by atoms with Crippen molar-refractivity contribution in [1.29, 1.82) is 0 Å². The second-order valence-electron chi connectivity index (χ2n) is 8.01. The van der Waals surface area contributed by atoms with Gasteiger partial charge in [0.1, 0.15) is 11.4 Å². The molecule has 10 heteroatoms. The quantitative estimate of drug-likeness (QED) is 0.498. The molecule has 0 bridgehead atoms. The van der Waals surface area contributed by atoms with Crippen LogP contribution in [0.2, 0.25) is 0 Å². The number of hydrogen-bond donors (Lipinski definition) is 1. The van der Waals surface area contributed by atoms with Crippen molar-refractivity contribution in [2.75, 3.05) is 6.61 Å². The van der Waals surface area contributed by atoms with Crippen LogP contribution in [0, 0.1) is 5.82 Å². The van der Waals surface area contributed by atoms with E-state index in [1.807, 2.05) is 0 Å². The van der Waals surface area contributed by atoms with E-state index in [-0.39, 0.29) is 17.0 Å². The molecule has 1 aromatic carbocycles. The SMILES string of the molecule is CCOC(=O)C(F)(F)C(O)c1cc(-c2cn(C(=O)OC(C)(C)C)c3c(F)cccc23)cs1. The van der Waals surface area contributed by atoms with E-state index in [0.717, 1.165) is 15.9 Å². The summed E-state index contributed by atoms with van der Waals surface area (Å²) in [5.74, 6) is -6.63. The Kier molecular flexibility index (Phi) is 6.39. The van der Waals surface area contributed by atoms with Gasteiger partial charge in [-0.1, -0.05) is 12.1 Å². The second-order valence-corrected chi connectivity index (χ2v) is 8.96. The number of carbonyl (C=O) groups excluding carboxylic acids is 2. The van der Waals surface area contributed by atoms with Crippen molar-refractivity contribution in [2.24, 2.45) is 0 Å². The highest BCUT2D eigenvalue weighted by Crippen LogP contribution is 2.40. The molecule has 0 fully saturated rings. The maximum atomic E-state index is 14.6. The zero-order valence-corrected chi connectivity index (χ0v) is 18.6. The minimum Gasteiger partial charge on any atom is -0.461 e. The van der Waals surface area contributed by atoms with Gasteiger partial charge in [0.2, 0.25) is 0 Å². The second kappa shape index (κ2) is 8.59. The fourth-order valence-corrected chi connectivity index (χ4v) is 4.01. The summed E-state index contributed by atoms with van der Waals surface area (Å²) in [4.78, 5) is 24.0. The van der Waals surface area contributed by atoms with E-state index in [2.05, 4.69) is 4.74 Å². The number of aliphatic hydroxyl groups is 1. The number of fused-ring (bicyclic) bond motifs is 1. The lowest BCUT2D eigenvalue weighted by Crippen LogP contribution is -2.37. The van der Waals surface area contributed by atoms with Crippen LogP contribution in [0.15, 0.2) is 35.8 Å². The molecule has 0 saturated heterocycles. The van der Waals surface area contributed by atoms with E-state index >= 15 is 0 Å². The summed E-state index contributed by atoms with van der Waals surface area (Å²) in [5, 5.41) is 11.9. The first kappa shape index (κ1) is 23.8. The number of aromatic nitrogens is 1. The fourth-order valence-electron chi connectivity index (χ4n) is 3.08. The van der Waals surface area contributed by atoms with Crippen LogP contribution in [-0.2, 0) is 14.3 Å². The average molecular weight is 469 g/mol. The highest BCUT2D eigenvalue weighted by Gasteiger charge is 2.49. The van der Waals surface area contributed by atoms with E-state index in [9.17, 15) is 27.9 Å². The Morgan fingerprint density at radius 2 is 1.94 bits per heavy atom. The van der Waals surface area contributed by atoms with Gasteiger partial charge in [-0.15, -0.1) is 11.3 Å². The van der Waals surface area contributed by atoms with Crippen LogP contribution < -0.4 is 0 Å². The van der Waals surface area contributed by atoms with Gasteiger partial charge in [-0.25, -0.2) is 18.5 Å². The number of thiophene rings is 1. The average Bonchev–Trinajstić information content (AvgIpc) is 3.31. The first-order valence-electron chi connectivity index (χ1n) is 9.71. The summed E-state index contributed by atoms with van der Waals surface area (Å²) >= 11 is 0.798. The van der Waals surface area contributed by atoms with Crippen LogP contribution in [0.25, 0.3) is 22.0 Å². The van der Waals surface area contributed by atoms with Crippen molar-refractivity contribution in [3.8, 4) is 11.1 Å². The number of ether oxygens (including phenoxy) is 2. The Labute approximate surface area is 186 Å². The minimum absolute atomic E-state index is 0.0260. The summed E-state index contributed by atoms with van der Waals surface area (Å²) in [6.45, 7) is 6.13. The van der Waals surface area contributed by atoms with E-state index in [1.165, 1.54) is 36.7 Å². The summed E-state index contributed by atoms with van der Waals surface area (Å²) in [6.07, 6.45) is -1.87. The van der Waals surface area contributed by atoms with Gasteiger partial charge in [0, 0.05) is 22.0 Å². The van der Waals surface area contributed by atoms with Gasteiger partial charge in [-0.2, -0.15) is 8.78 Å². The maximum absolute atomic E-state index is 14.6. The predicted molar refractivity (Wildman–Crippen MR) is 113 cm³/mol. The molecule has 1 N–H and O–H groups in total. The molecule has 6 nitrogen and oxygen atoms in total. The van der Waals surface area contributed by atoms with Gasteiger partial charge >= 0.3 is 18.0 Å². The van der Waals surface area contributed by atoms with Crippen LogP contribution in [0.1, 0.15) is 38.7 Å². The Bertz CT molecular complexity index is 1160. The van der Waals surface area contributed by atoms with Gasteiger partial charge in [-0.05, 0) is 50.8 Å². The number of esters is 1. The van der Waals surface area contributed by atoms with E-state index in [4.69, 9.17) is 4.74 Å². The van der Waals surface area contributed by atoms with E-state index in [1.54, 1.807) is 26.8 Å². The van der Waals surface area contributed by atoms with Gasteiger partial charge < -0.3 is 14.6 Å². The summed E-state index contributed by atoms with van der Waals surface area (Å²) in [5.41, 5.74) is -0.111. The van der Waals surface area contributed by atoms with Crippen LogP contribution in [-0.4, -0.2) is 39.9 Å². The molecule has 0 aliphatic carbocycles. The van der Waals surface area contributed by atoms with E-state index < -0.39 is 35.5 Å². The molecule has 3 aromatic rings. The largest absolute Gasteiger partial charge is 0.461 e. The lowest BCUT2D eigenvalue weighted by Gasteiger charge is -2.19. The van der Waals surface area contributed by atoms with Crippen LogP contribution in [0.4, 0.5) is 18.0 Å². The lowest BCUT2D eigenvalue weighted by atomic mass is 10.1. The number of para-hydroxylation sites is 1. The van der Waals surface area contributed by atoms with Crippen molar-refractivity contribution in [2.45, 2.75) is 45.3 Å². The number of carbonyl (C=O) groups is 2. The normalized spacial score (nSPS) is 13.2. The molecule has 0 amide bonds. The topological polar surface area (TPSA) is 77.8 Å². The smallest absolute Gasteiger partial charge is 0.419 e. The van der Waals surface area contributed by atoms with Crippen molar-refractivity contribution < 1.29 is 37.3 Å². The molecule has 0 aliphatic rings. The molecule has 2 aromatic heterocycles. The number of rotatable bonds is 5. The molecule has 3 rings (SSSR count). The molecule has 0 aliphatic heterocycles. The van der Waals surface area contributed by atoms with Gasteiger partial charge in [0.15, 0.2) is 6.10 Å². The number of halogens is 3. The number of aliphatic hydroxyl groups excluding tert-OH is 1. The lowest BCUT2D eigenvalue weighted by molar-refractivity contribution is -0.188. The highest BCUT2D eigenvalue weighted by atomic mass is 32.1. The first-order chi connectivity index (χ1) is 14.9. The maximum Gasteiger partial charge on any atom is 0.419 e. The predicted octanol–water partition coefficient (Wildman–Crippen LogP) is 5.52. The zero-order valence-electron chi connectivity index (χ0n) is 17.8. The van der Waals surface area contributed by atoms with Crippen LogP contribution >= 0.6 is 11.3 Å². The summed E-state index contributed by atoms with van der Waals surface area (Å²) in [7, 11) is 0. The Morgan fingerprint density at radius 1 is 1.25 bits per heavy atom. The third-order valence-corrected chi connectivity index (χ3v) is 5.44. The molecule has 2 heterocycles. The molecule has 172 valence electrons. The third-order valence-electron chi connectivity index (χ3n) is 4.46. The molecule has 0 saturated carbocycles.